The molecule has 146 valence electrons. The first-order valence-corrected chi connectivity index (χ1v) is 9.72. The summed E-state index contributed by atoms with van der Waals surface area (Å²) in [4.78, 5) is 26.6. The van der Waals surface area contributed by atoms with Gasteiger partial charge in [-0.05, 0) is 56.4 Å². The van der Waals surface area contributed by atoms with Gasteiger partial charge in [0.2, 0.25) is 0 Å². The maximum atomic E-state index is 12.7. The van der Waals surface area contributed by atoms with Gasteiger partial charge in [-0.2, -0.15) is 0 Å². The summed E-state index contributed by atoms with van der Waals surface area (Å²) in [6.07, 6.45) is 0. The van der Waals surface area contributed by atoms with Crippen molar-refractivity contribution < 1.29 is 9.59 Å². The normalized spacial score (nSPS) is 12.8. The summed E-state index contributed by atoms with van der Waals surface area (Å²) in [5, 5.41) is 4.95. The Morgan fingerprint density at radius 3 is 2.34 bits per heavy atom. The van der Waals surface area contributed by atoms with E-state index >= 15 is 0 Å². The monoisotopic (exact) mass is 404 g/mol. The topological polar surface area (TPSA) is 73.5 Å². The molecule has 3 aromatic carbocycles. The van der Waals surface area contributed by atoms with Gasteiger partial charge in [-0.15, -0.1) is 0 Å². The van der Waals surface area contributed by atoms with E-state index in [0.717, 1.165) is 16.8 Å². The van der Waals surface area contributed by atoms with E-state index in [0.29, 0.717) is 28.2 Å². The average Bonchev–Trinajstić information content (AvgIpc) is 2.72. The molecule has 2 amide bonds. The maximum absolute atomic E-state index is 12.7. The summed E-state index contributed by atoms with van der Waals surface area (Å²) in [6, 6.07) is 16.9. The molecular formula is C22H20N4O2S. The Labute approximate surface area is 173 Å². The number of benzene rings is 3. The van der Waals surface area contributed by atoms with Crippen LogP contribution in [0.3, 0.4) is 0 Å². The summed E-state index contributed by atoms with van der Waals surface area (Å²) < 4.78 is 0. The second kappa shape index (κ2) is 7.52. The van der Waals surface area contributed by atoms with E-state index < -0.39 is 0 Å². The van der Waals surface area contributed by atoms with Crippen molar-refractivity contribution in [1.82, 2.24) is 10.3 Å². The fourth-order valence-electron chi connectivity index (χ4n) is 3.47. The Bertz CT molecular complexity index is 1120. The highest BCUT2D eigenvalue weighted by Crippen LogP contribution is 2.34. The van der Waals surface area contributed by atoms with Crippen molar-refractivity contribution in [1.29, 1.82) is 0 Å². The predicted molar refractivity (Wildman–Crippen MR) is 119 cm³/mol. The first kappa shape index (κ1) is 18.9. The van der Waals surface area contributed by atoms with Crippen molar-refractivity contribution >= 4 is 51.3 Å². The third kappa shape index (κ3) is 3.40. The molecule has 0 radical (unpaired) electrons. The van der Waals surface area contributed by atoms with Gasteiger partial charge >= 0.3 is 0 Å². The molecule has 0 bridgehead atoms. The fraction of sp³-hybridized carbons (Fsp3) is 0.136. The lowest BCUT2D eigenvalue weighted by molar-refractivity contribution is 0.0619. The second-order valence-electron chi connectivity index (χ2n) is 6.81. The molecule has 0 atom stereocenters. The SMILES string of the molecule is CCN1C(=O)c2cccc3c(NNC(=S)Nc4ccc(C)cc4)ccc(c23)C1=O. The highest BCUT2D eigenvalue weighted by Gasteiger charge is 2.32. The molecule has 0 saturated heterocycles. The van der Waals surface area contributed by atoms with Crippen LogP contribution < -0.4 is 16.2 Å². The Kier molecular flexibility index (Phi) is 4.90. The summed E-state index contributed by atoms with van der Waals surface area (Å²) >= 11 is 5.35. The van der Waals surface area contributed by atoms with E-state index in [4.69, 9.17) is 12.2 Å². The molecule has 1 aliphatic rings. The number of nitrogens with zero attached hydrogens (tertiary/aromatic N) is 1. The van der Waals surface area contributed by atoms with Crippen LogP contribution in [0, 0.1) is 6.92 Å². The van der Waals surface area contributed by atoms with E-state index in [2.05, 4.69) is 16.2 Å². The standard InChI is InChI=1S/C22H20N4O2S/c1-3-26-20(27)16-6-4-5-15-18(12-11-17(19(15)16)21(26)28)24-25-22(29)23-14-9-7-13(2)8-10-14/h4-12,24H,3H2,1-2H3,(H2,23,25,29). The minimum Gasteiger partial charge on any atom is -0.331 e. The minimum atomic E-state index is -0.266. The van der Waals surface area contributed by atoms with E-state index in [1.165, 1.54) is 10.5 Å². The third-order valence-corrected chi connectivity index (χ3v) is 5.13. The van der Waals surface area contributed by atoms with Crippen LogP contribution in [0.25, 0.3) is 10.8 Å². The first-order valence-electron chi connectivity index (χ1n) is 9.31. The van der Waals surface area contributed by atoms with Crippen LogP contribution >= 0.6 is 12.2 Å². The number of aryl methyl sites for hydroxylation is 1. The molecule has 3 aromatic rings. The molecule has 7 heteroatoms. The van der Waals surface area contributed by atoms with Crippen LogP contribution in [0.2, 0.25) is 0 Å². The lowest BCUT2D eigenvalue weighted by Crippen LogP contribution is -2.40. The van der Waals surface area contributed by atoms with Crippen molar-refractivity contribution in [3.05, 3.63) is 71.3 Å². The van der Waals surface area contributed by atoms with Crippen molar-refractivity contribution in [2.75, 3.05) is 17.3 Å². The Morgan fingerprint density at radius 2 is 1.66 bits per heavy atom. The Morgan fingerprint density at radius 1 is 0.966 bits per heavy atom. The highest BCUT2D eigenvalue weighted by molar-refractivity contribution is 7.80. The molecule has 0 aliphatic carbocycles. The predicted octanol–water partition coefficient (Wildman–Crippen LogP) is 4.08. The molecule has 1 aliphatic heterocycles. The molecule has 0 saturated carbocycles. The zero-order chi connectivity index (χ0) is 20.5. The number of hydrazine groups is 1. The smallest absolute Gasteiger partial charge is 0.261 e. The zero-order valence-electron chi connectivity index (χ0n) is 16.1. The van der Waals surface area contributed by atoms with Gasteiger partial charge in [0.25, 0.3) is 11.8 Å². The van der Waals surface area contributed by atoms with E-state index in [1.807, 2.05) is 49.4 Å². The number of rotatable bonds is 4. The Balaban J connectivity index is 1.60. The van der Waals surface area contributed by atoms with E-state index in [1.54, 1.807) is 19.1 Å². The Hall–Kier alpha value is -3.45. The molecule has 0 spiro atoms. The number of anilines is 2. The number of carbonyl (C=O) groups is 2. The first-order chi connectivity index (χ1) is 14.0. The highest BCUT2D eigenvalue weighted by atomic mass is 32.1. The largest absolute Gasteiger partial charge is 0.331 e. The molecule has 0 fully saturated rings. The lowest BCUT2D eigenvalue weighted by Gasteiger charge is -2.27. The zero-order valence-corrected chi connectivity index (χ0v) is 16.9. The number of thiocarbonyl (C=S) groups is 1. The quantitative estimate of drug-likeness (QED) is 0.346. The summed E-state index contributed by atoms with van der Waals surface area (Å²) in [6.45, 7) is 4.16. The summed E-state index contributed by atoms with van der Waals surface area (Å²) in [5.41, 5.74) is 9.88. The van der Waals surface area contributed by atoms with E-state index in [9.17, 15) is 9.59 Å². The number of hydrogen-bond donors (Lipinski definition) is 3. The van der Waals surface area contributed by atoms with Crippen molar-refractivity contribution in [3.8, 4) is 0 Å². The molecule has 0 unspecified atom stereocenters. The van der Waals surface area contributed by atoms with Gasteiger partial charge in [0.1, 0.15) is 0 Å². The van der Waals surface area contributed by atoms with Gasteiger partial charge < -0.3 is 5.32 Å². The van der Waals surface area contributed by atoms with Crippen molar-refractivity contribution in [2.24, 2.45) is 0 Å². The molecule has 4 rings (SSSR count). The van der Waals surface area contributed by atoms with Crippen molar-refractivity contribution in [3.63, 3.8) is 0 Å². The number of carbonyl (C=O) groups excluding carboxylic acids is 2. The van der Waals surface area contributed by atoms with Gasteiger partial charge in [0, 0.05) is 34.1 Å². The van der Waals surface area contributed by atoms with Gasteiger partial charge in [-0.1, -0.05) is 29.8 Å². The molecule has 29 heavy (non-hydrogen) atoms. The molecule has 3 N–H and O–H groups in total. The third-order valence-electron chi connectivity index (χ3n) is 4.93. The van der Waals surface area contributed by atoms with Crippen LogP contribution in [0.4, 0.5) is 11.4 Å². The molecular weight excluding hydrogens is 384 g/mol. The van der Waals surface area contributed by atoms with Crippen molar-refractivity contribution in [2.45, 2.75) is 13.8 Å². The molecule has 1 heterocycles. The lowest BCUT2D eigenvalue weighted by atomic mass is 9.93. The average molecular weight is 404 g/mol. The number of amides is 2. The molecule has 6 nitrogen and oxygen atoms in total. The van der Waals surface area contributed by atoms with Crippen LogP contribution in [0.15, 0.2) is 54.6 Å². The van der Waals surface area contributed by atoms with Gasteiger partial charge in [0.05, 0.1) is 5.69 Å². The number of imide groups is 1. The van der Waals surface area contributed by atoms with Gasteiger partial charge in [-0.3, -0.25) is 25.3 Å². The summed E-state index contributed by atoms with van der Waals surface area (Å²) in [5.74, 6) is -0.533. The van der Waals surface area contributed by atoms with Crippen LogP contribution in [-0.4, -0.2) is 28.4 Å². The minimum absolute atomic E-state index is 0.266. The summed E-state index contributed by atoms with van der Waals surface area (Å²) in [7, 11) is 0. The van der Waals surface area contributed by atoms with Crippen LogP contribution in [-0.2, 0) is 0 Å². The number of hydrogen-bond acceptors (Lipinski definition) is 4. The second-order valence-corrected chi connectivity index (χ2v) is 7.22. The maximum Gasteiger partial charge on any atom is 0.261 e. The van der Waals surface area contributed by atoms with Crippen LogP contribution in [0.5, 0.6) is 0 Å². The fourth-order valence-corrected chi connectivity index (χ4v) is 3.63. The number of nitrogens with one attached hydrogen (secondary N) is 3. The van der Waals surface area contributed by atoms with Crippen LogP contribution in [0.1, 0.15) is 33.2 Å². The van der Waals surface area contributed by atoms with E-state index in [-0.39, 0.29) is 11.8 Å². The van der Waals surface area contributed by atoms with Gasteiger partial charge in [-0.25, -0.2) is 0 Å². The molecule has 0 aromatic heterocycles. The van der Waals surface area contributed by atoms with Gasteiger partial charge in [0.15, 0.2) is 5.11 Å².